The van der Waals surface area contributed by atoms with Crippen LogP contribution in [0.2, 0.25) is 0 Å². The molecule has 2 N–H and O–H groups in total. The smallest absolute Gasteiger partial charge is 0.462 e. The molecule has 11 nitrogen and oxygen atoms in total. The average molecular weight is 969 g/mol. The molecule has 0 aliphatic carbocycles. The van der Waals surface area contributed by atoms with Gasteiger partial charge in [0.1, 0.15) is 12.7 Å². The maximum atomic E-state index is 12.8. The van der Waals surface area contributed by atoms with Crippen molar-refractivity contribution in [1.82, 2.24) is 0 Å². The van der Waals surface area contributed by atoms with Crippen molar-refractivity contribution < 1.29 is 52.2 Å². The van der Waals surface area contributed by atoms with Gasteiger partial charge in [0.2, 0.25) is 0 Å². The summed E-state index contributed by atoms with van der Waals surface area (Å²) in [7, 11) is -4.78. The zero-order chi connectivity index (χ0) is 49.9. The molecule has 0 aromatic carbocycles. The Bertz CT molecular complexity index is 1600. The first-order valence-electron chi connectivity index (χ1n) is 25.4. The number of carbonyl (C=O) groups is 3. The monoisotopic (exact) mass is 969 g/mol. The number of phosphoric ester groups is 1. The van der Waals surface area contributed by atoms with Crippen molar-refractivity contribution in [1.29, 1.82) is 0 Å². The molecule has 0 amide bonds. The number of allylic oxidation sites excluding steroid dienone is 19. The lowest BCUT2D eigenvalue weighted by Gasteiger charge is -2.21. The highest BCUT2D eigenvalue weighted by Gasteiger charge is 2.28. The van der Waals surface area contributed by atoms with Gasteiger partial charge in [-0.15, -0.1) is 0 Å². The van der Waals surface area contributed by atoms with Gasteiger partial charge in [-0.25, -0.2) is 4.57 Å². The van der Waals surface area contributed by atoms with Crippen LogP contribution in [0.5, 0.6) is 0 Å². The van der Waals surface area contributed by atoms with Crippen LogP contribution in [-0.2, 0) is 42.2 Å². The number of phosphoric acid groups is 1. The number of hydrogen-bond acceptors (Lipinski definition) is 10. The Morgan fingerprint density at radius 2 is 0.824 bits per heavy atom. The highest BCUT2D eigenvalue weighted by Crippen LogP contribution is 2.43. The van der Waals surface area contributed by atoms with Crippen molar-refractivity contribution in [3.8, 4) is 0 Å². The van der Waals surface area contributed by atoms with Crippen LogP contribution in [-0.4, -0.2) is 66.5 Å². The molecule has 3 atom stereocenters. The molecule has 0 saturated carbocycles. The fourth-order valence-electron chi connectivity index (χ4n) is 6.05. The number of rotatable bonds is 45. The van der Waals surface area contributed by atoms with Gasteiger partial charge < -0.3 is 24.2 Å². The molecule has 0 bridgehead atoms. The summed E-state index contributed by atoms with van der Waals surface area (Å²) in [6.45, 7) is 4.16. The Balaban J connectivity index is 4.91. The highest BCUT2D eigenvalue weighted by molar-refractivity contribution is 7.47. The highest BCUT2D eigenvalue weighted by atomic mass is 31.2. The van der Waals surface area contributed by atoms with Crippen LogP contribution in [0.1, 0.15) is 175 Å². The largest absolute Gasteiger partial charge is 0.472 e. The van der Waals surface area contributed by atoms with Crippen molar-refractivity contribution in [3.05, 3.63) is 122 Å². The lowest BCUT2D eigenvalue weighted by molar-refractivity contribution is -0.160. The van der Waals surface area contributed by atoms with Gasteiger partial charge in [-0.05, 0) is 103 Å². The minimum Gasteiger partial charge on any atom is -0.462 e. The summed E-state index contributed by atoms with van der Waals surface area (Å²) in [6.07, 6.45) is 59.2. The number of ether oxygens (including phenoxy) is 3. The Labute approximate surface area is 411 Å². The first-order chi connectivity index (χ1) is 33.2. The number of esters is 3. The lowest BCUT2D eigenvalue weighted by atomic mass is 10.1. The average Bonchev–Trinajstić information content (AvgIpc) is 3.32. The topological polar surface area (TPSA) is 155 Å². The SMILES string of the molecule is CC/C=C\C/C=C\C/C=C\C/C=C\C/C=C\CC(=O)OC(COC(=O)CCCCCCC/C=C\CCCC)COP(=O)(O)OCC(CO)OC(=O)CCCC/C=C\C/C=C\C/C=C\C/C=C\CC. The summed E-state index contributed by atoms with van der Waals surface area (Å²) in [5.41, 5.74) is 0. The van der Waals surface area contributed by atoms with Gasteiger partial charge in [0.05, 0.1) is 26.2 Å². The van der Waals surface area contributed by atoms with Crippen molar-refractivity contribution in [2.75, 3.05) is 26.4 Å². The lowest BCUT2D eigenvalue weighted by Crippen LogP contribution is -2.30. The van der Waals surface area contributed by atoms with Crippen LogP contribution < -0.4 is 0 Å². The van der Waals surface area contributed by atoms with Gasteiger partial charge >= 0.3 is 25.7 Å². The molecule has 0 radical (unpaired) electrons. The molecular weight excluding hydrogens is 880 g/mol. The number of aliphatic hydroxyl groups is 1. The van der Waals surface area contributed by atoms with Crippen molar-refractivity contribution in [2.45, 2.75) is 187 Å². The third-order valence-electron chi connectivity index (χ3n) is 9.88. The van der Waals surface area contributed by atoms with E-state index in [4.69, 9.17) is 23.3 Å². The van der Waals surface area contributed by atoms with E-state index in [1.165, 1.54) is 12.8 Å². The predicted octanol–water partition coefficient (Wildman–Crippen LogP) is 14.5. The van der Waals surface area contributed by atoms with E-state index in [1.807, 2.05) is 18.2 Å². The first kappa shape index (κ1) is 63.9. The summed E-state index contributed by atoms with van der Waals surface area (Å²) in [4.78, 5) is 48.2. The second-order valence-corrected chi connectivity index (χ2v) is 17.7. The zero-order valence-electron chi connectivity index (χ0n) is 42.0. The summed E-state index contributed by atoms with van der Waals surface area (Å²) >= 11 is 0. The van der Waals surface area contributed by atoms with Crippen LogP contribution in [0, 0.1) is 0 Å². The van der Waals surface area contributed by atoms with Gasteiger partial charge in [-0.3, -0.25) is 23.4 Å². The van der Waals surface area contributed by atoms with E-state index in [2.05, 4.69) is 118 Å². The number of hydrogen-bond donors (Lipinski definition) is 2. The summed E-state index contributed by atoms with van der Waals surface area (Å²) in [5.74, 6) is -1.69. The Kier molecular flexibility index (Phi) is 46.3. The second kappa shape index (κ2) is 49.3. The Morgan fingerprint density at radius 3 is 1.34 bits per heavy atom. The number of unbranched alkanes of at least 4 members (excludes halogenated alkanes) is 9. The predicted molar refractivity (Wildman–Crippen MR) is 279 cm³/mol. The second-order valence-electron chi connectivity index (χ2n) is 16.2. The fraction of sp³-hybridized carbons (Fsp3) is 0.589. The van der Waals surface area contributed by atoms with Gasteiger partial charge in [-0.1, -0.05) is 174 Å². The minimum absolute atomic E-state index is 0.0756. The van der Waals surface area contributed by atoms with E-state index < -0.39 is 57.8 Å². The molecule has 0 aliphatic rings. The van der Waals surface area contributed by atoms with Crippen molar-refractivity contribution >= 4 is 25.7 Å². The molecule has 0 aliphatic heterocycles. The van der Waals surface area contributed by atoms with Gasteiger partial charge in [0, 0.05) is 12.8 Å². The molecule has 0 saturated heterocycles. The van der Waals surface area contributed by atoms with Gasteiger partial charge in [0.25, 0.3) is 0 Å². The third-order valence-corrected chi connectivity index (χ3v) is 10.8. The molecule has 0 aromatic rings. The van der Waals surface area contributed by atoms with E-state index in [0.717, 1.165) is 103 Å². The van der Waals surface area contributed by atoms with Crippen molar-refractivity contribution in [3.63, 3.8) is 0 Å². The van der Waals surface area contributed by atoms with E-state index in [0.29, 0.717) is 19.3 Å². The standard InChI is InChI=1S/C56H89O11P/c1-4-7-10-13-16-19-22-24-26-28-31-34-37-40-43-46-55(59)66-52(48-57)50-64-68(61,62)65-51-53(49-63-54(58)45-42-39-36-33-30-21-18-15-12-9-6-3)67-56(60)47-44-41-38-35-32-29-27-25-23-20-17-14-11-8-5-2/h7-8,10-11,15-20,24-27,31-32,34-35,41,44,52-53,57H,4-6,9,12-14,21-23,28-30,33,36-40,42-43,45-51H2,1-3H3,(H,61,62)/b10-7-,11-8-,18-15-,19-16-,20-17-,26-24-,27-25-,34-31-,35-32-,44-41-. The fourth-order valence-corrected chi connectivity index (χ4v) is 6.83. The maximum absolute atomic E-state index is 12.8. The van der Waals surface area contributed by atoms with E-state index in [9.17, 15) is 28.9 Å². The number of aliphatic hydroxyl groups excluding tert-OH is 1. The summed E-state index contributed by atoms with van der Waals surface area (Å²) in [5, 5.41) is 9.76. The molecule has 0 aromatic heterocycles. The van der Waals surface area contributed by atoms with Crippen LogP contribution >= 0.6 is 7.82 Å². The first-order valence-corrected chi connectivity index (χ1v) is 26.9. The Hall–Kier alpha value is -4.12. The third kappa shape index (κ3) is 47.0. The molecule has 0 heterocycles. The van der Waals surface area contributed by atoms with Gasteiger partial charge in [-0.2, -0.15) is 0 Å². The number of carbonyl (C=O) groups excluding carboxylic acids is 3. The molecule has 12 heteroatoms. The van der Waals surface area contributed by atoms with Gasteiger partial charge in [0.15, 0.2) is 6.10 Å². The summed E-state index contributed by atoms with van der Waals surface area (Å²) in [6, 6.07) is 0. The summed E-state index contributed by atoms with van der Waals surface area (Å²) < 4.78 is 39.1. The molecule has 0 spiro atoms. The molecule has 0 fully saturated rings. The maximum Gasteiger partial charge on any atom is 0.472 e. The van der Waals surface area contributed by atoms with E-state index >= 15 is 0 Å². The normalized spacial score (nSPS) is 14.5. The zero-order valence-corrected chi connectivity index (χ0v) is 42.9. The molecule has 0 rings (SSSR count). The van der Waals surface area contributed by atoms with Crippen LogP contribution in [0.4, 0.5) is 0 Å². The molecular formula is C56H89O11P. The van der Waals surface area contributed by atoms with Crippen LogP contribution in [0.3, 0.4) is 0 Å². The minimum atomic E-state index is -4.78. The van der Waals surface area contributed by atoms with E-state index in [1.54, 1.807) is 6.08 Å². The molecule has 384 valence electrons. The van der Waals surface area contributed by atoms with Crippen LogP contribution in [0.25, 0.3) is 0 Å². The van der Waals surface area contributed by atoms with E-state index in [-0.39, 0.29) is 25.9 Å². The Morgan fingerprint density at radius 1 is 0.441 bits per heavy atom. The van der Waals surface area contributed by atoms with Crippen LogP contribution in [0.15, 0.2) is 122 Å². The molecule has 3 unspecified atom stereocenters. The van der Waals surface area contributed by atoms with Crippen molar-refractivity contribution in [2.24, 2.45) is 0 Å². The molecule has 68 heavy (non-hydrogen) atoms. The quantitative estimate of drug-likeness (QED) is 0.0197.